The van der Waals surface area contributed by atoms with Crippen LogP contribution in [0.3, 0.4) is 0 Å². The molecule has 4 nitrogen and oxygen atoms in total. The Kier molecular flexibility index (Phi) is 3.93. The molecule has 118 valence electrons. The lowest BCUT2D eigenvalue weighted by Gasteiger charge is -2.10. The van der Waals surface area contributed by atoms with Crippen LogP contribution in [-0.2, 0) is 16.6 Å². The first-order valence-electron chi connectivity index (χ1n) is 6.99. The van der Waals surface area contributed by atoms with Crippen molar-refractivity contribution in [1.29, 1.82) is 0 Å². The maximum absolute atomic E-state index is 13.6. The van der Waals surface area contributed by atoms with Gasteiger partial charge in [0.25, 0.3) is 0 Å². The molecule has 0 radical (unpaired) electrons. The minimum atomic E-state index is -3.64. The zero-order valence-electron chi connectivity index (χ0n) is 13.1. The van der Waals surface area contributed by atoms with E-state index >= 15 is 0 Å². The SMILES string of the molecule is CNCc1cc(S(=O)(=O)NC2C(C)(C)C2(C)C)ccc1F. The van der Waals surface area contributed by atoms with Gasteiger partial charge in [0.15, 0.2) is 0 Å². The van der Waals surface area contributed by atoms with Crippen molar-refractivity contribution >= 4 is 10.0 Å². The van der Waals surface area contributed by atoms with E-state index in [9.17, 15) is 12.8 Å². The van der Waals surface area contributed by atoms with E-state index in [0.29, 0.717) is 5.56 Å². The molecule has 0 unspecified atom stereocenters. The number of sulfonamides is 1. The monoisotopic (exact) mass is 314 g/mol. The normalized spacial score (nSPS) is 20.5. The number of hydrogen-bond donors (Lipinski definition) is 2. The van der Waals surface area contributed by atoms with Crippen LogP contribution in [0.1, 0.15) is 33.3 Å². The molecule has 1 aliphatic rings. The largest absolute Gasteiger partial charge is 0.316 e. The van der Waals surface area contributed by atoms with Crippen molar-refractivity contribution < 1.29 is 12.8 Å². The molecule has 21 heavy (non-hydrogen) atoms. The summed E-state index contributed by atoms with van der Waals surface area (Å²) < 4.78 is 41.3. The van der Waals surface area contributed by atoms with Gasteiger partial charge >= 0.3 is 0 Å². The highest BCUT2D eigenvalue weighted by Crippen LogP contribution is 2.62. The molecule has 0 atom stereocenters. The number of rotatable bonds is 5. The third-order valence-electron chi connectivity index (χ3n) is 4.99. The summed E-state index contributed by atoms with van der Waals surface area (Å²) in [4.78, 5) is 0.104. The van der Waals surface area contributed by atoms with Crippen molar-refractivity contribution in [2.45, 2.75) is 45.2 Å². The zero-order chi connectivity index (χ0) is 16.1. The molecule has 0 aromatic heterocycles. The molecule has 1 aromatic rings. The van der Waals surface area contributed by atoms with Crippen molar-refractivity contribution in [2.75, 3.05) is 7.05 Å². The minimum absolute atomic E-state index is 0.0894. The van der Waals surface area contributed by atoms with Gasteiger partial charge in [-0.05, 0) is 36.1 Å². The summed E-state index contributed by atoms with van der Waals surface area (Å²) in [5.41, 5.74) is 0.164. The second kappa shape index (κ2) is 5.04. The van der Waals surface area contributed by atoms with E-state index in [4.69, 9.17) is 0 Å². The van der Waals surface area contributed by atoms with Gasteiger partial charge in [0.05, 0.1) is 4.90 Å². The zero-order valence-corrected chi connectivity index (χ0v) is 13.9. The quantitative estimate of drug-likeness (QED) is 0.876. The highest BCUT2D eigenvalue weighted by Gasteiger charge is 2.66. The maximum atomic E-state index is 13.6. The van der Waals surface area contributed by atoms with Gasteiger partial charge in [-0.15, -0.1) is 0 Å². The smallest absolute Gasteiger partial charge is 0.240 e. The molecule has 0 spiro atoms. The van der Waals surface area contributed by atoms with E-state index in [2.05, 4.69) is 10.0 Å². The average Bonchev–Trinajstić information content (AvgIpc) is 2.74. The Morgan fingerprint density at radius 2 is 1.76 bits per heavy atom. The fourth-order valence-corrected chi connectivity index (χ4v) is 4.34. The van der Waals surface area contributed by atoms with Gasteiger partial charge in [-0.1, -0.05) is 27.7 Å². The fourth-order valence-electron chi connectivity index (χ4n) is 2.76. The van der Waals surface area contributed by atoms with Crippen LogP contribution in [0.5, 0.6) is 0 Å². The van der Waals surface area contributed by atoms with E-state index in [-0.39, 0.29) is 28.3 Å². The Bertz CT molecular complexity index is 640. The number of nitrogens with one attached hydrogen (secondary N) is 2. The molecule has 6 heteroatoms. The summed E-state index contributed by atoms with van der Waals surface area (Å²) in [6.07, 6.45) is 0. The van der Waals surface area contributed by atoms with Crippen LogP contribution in [0, 0.1) is 16.6 Å². The van der Waals surface area contributed by atoms with E-state index in [1.165, 1.54) is 18.2 Å². The lowest BCUT2D eigenvalue weighted by Crippen LogP contribution is -2.30. The topological polar surface area (TPSA) is 58.2 Å². The Hall–Kier alpha value is -0.980. The summed E-state index contributed by atoms with van der Waals surface area (Å²) in [5, 5.41) is 2.83. The van der Waals surface area contributed by atoms with Crippen LogP contribution >= 0.6 is 0 Å². The third-order valence-corrected chi connectivity index (χ3v) is 6.41. The van der Waals surface area contributed by atoms with Crippen molar-refractivity contribution in [1.82, 2.24) is 10.0 Å². The third kappa shape index (κ3) is 2.72. The Morgan fingerprint density at radius 3 is 2.24 bits per heavy atom. The summed E-state index contributed by atoms with van der Waals surface area (Å²) in [6, 6.07) is 3.77. The predicted octanol–water partition coefficient (Wildman–Crippen LogP) is 2.26. The molecular formula is C15H23FN2O2S. The lowest BCUT2D eigenvalue weighted by atomic mass is 10.0. The van der Waals surface area contributed by atoms with Crippen molar-refractivity contribution in [3.8, 4) is 0 Å². The Labute approximate surface area is 126 Å². The number of benzene rings is 1. The summed E-state index contributed by atoms with van der Waals surface area (Å²) >= 11 is 0. The molecular weight excluding hydrogens is 291 g/mol. The van der Waals surface area contributed by atoms with Crippen LogP contribution in [0.25, 0.3) is 0 Å². The molecule has 2 rings (SSSR count). The summed E-state index contributed by atoms with van der Waals surface area (Å²) in [5.74, 6) is -0.407. The number of hydrogen-bond acceptors (Lipinski definition) is 3. The van der Waals surface area contributed by atoms with Gasteiger partial charge < -0.3 is 5.32 Å². The van der Waals surface area contributed by atoms with Crippen LogP contribution in [0.2, 0.25) is 0 Å². The molecule has 0 heterocycles. The first-order valence-corrected chi connectivity index (χ1v) is 8.47. The van der Waals surface area contributed by atoms with E-state index < -0.39 is 15.8 Å². The maximum Gasteiger partial charge on any atom is 0.240 e. The van der Waals surface area contributed by atoms with Crippen LogP contribution in [-0.4, -0.2) is 21.5 Å². The molecule has 1 aliphatic carbocycles. The van der Waals surface area contributed by atoms with E-state index in [1.807, 2.05) is 27.7 Å². The second-order valence-electron chi connectivity index (χ2n) is 6.78. The Morgan fingerprint density at radius 1 is 1.19 bits per heavy atom. The standard InChI is InChI=1S/C15H23FN2O2S/c1-14(2)13(15(14,3)4)18-21(19,20)11-6-7-12(16)10(8-11)9-17-5/h6-8,13,17-18H,9H2,1-5H3. The summed E-state index contributed by atoms with van der Waals surface area (Å²) in [6.45, 7) is 8.44. The molecule has 1 fully saturated rings. The van der Waals surface area contributed by atoms with Gasteiger partial charge in [-0.2, -0.15) is 0 Å². The molecule has 0 bridgehead atoms. The highest BCUT2D eigenvalue weighted by molar-refractivity contribution is 7.89. The highest BCUT2D eigenvalue weighted by atomic mass is 32.2. The minimum Gasteiger partial charge on any atom is -0.316 e. The van der Waals surface area contributed by atoms with Crippen molar-refractivity contribution in [2.24, 2.45) is 10.8 Å². The van der Waals surface area contributed by atoms with Crippen LogP contribution in [0.15, 0.2) is 23.1 Å². The lowest BCUT2D eigenvalue weighted by molar-refractivity contribution is 0.457. The van der Waals surface area contributed by atoms with E-state index in [1.54, 1.807) is 7.05 Å². The fraction of sp³-hybridized carbons (Fsp3) is 0.600. The second-order valence-corrected chi connectivity index (χ2v) is 8.50. The van der Waals surface area contributed by atoms with Crippen molar-refractivity contribution in [3.63, 3.8) is 0 Å². The average molecular weight is 314 g/mol. The predicted molar refractivity (Wildman–Crippen MR) is 80.8 cm³/mol. The van der Waals surface area contributed by atoms with Crippen LogP contribution < -0.4 is 10.0 Å². The molecule has 0 saturated heterocycles. The molecule has 0 aliphatic heterocycles. The molecule has 0 amide bonds. The first kappa shape index (κ1) is 16.4. The molecule has 1 aromatic carbocycles. The first-order chi connectivity index (χ1) is 9.54. The Balaban J connectivity index is 2.27. The van der Waals surface area contributed by atoms with Gasteiger partial charge in [-0.3, -0.25) is 0 Å². The number of halogens is 1. The van der Waals surface area contributed by atoms with Gasteiger partial charge in [-0.25, -0.2) is 17.5 Å². The van der Waals surface area contributed by atoms with Gasteiger partial charge in [0, 0.05) is 18.2 Å². The molecule has 2 N–H and O–H groups in total. The van der Waals surface area contributed by atoms with Gasteiger partial charge in [0.1, 0.15) is 5.82 Å². The summed E-state index contributed by atoms with van der Waals surface area (Å²) in [7, 11) is -1.95. The molecule has 1 saturated carbocycles. The van der Waals surface area contributed by atoms with Crippen LogP contribution in [0.4, 0.5) is 4.39 Å². The van der Waals surface area contributed by atoms with Gasteiger partial charge in [0.2, 0.25) is 10.0 Å². The van der Waals surface area contributed by atoms with E-state index in [0.717, 1.165) is 0 Å². The van der Waals surface area contributed by atoms with Crippen molar-refractivity contribution in [3.05, 3.63) is 29.6 Å².